The Hall–Kier alpha value is -3.90. The summed E-state index contributed by atoms with van der Waals surface area (Å²) in [6, 6.07) is 13.0. The number of halogens is 1. The van der Waals surface area contributed by atoms with Crippen molar-refractivity contribution in [3.8, 4) is 22.6 Å². The Morgan fingerprint density at radius 2 is 1.77 bits per heavy atom. The van der Waals surface area contributed by atoms with Gasteiger partial charge in [-0.05, 0) is 55.8 Å². The minimum Gasteiger partial charge on any atom is -0.497 e. The maximum atomic E-state index is 13.2. The van der Waals surface area contributed by atoms with Gasteiger partial charge in [0.05, 0.1) is 20.0 Å². The van der Waals surface area contributed by atoms with Crippen LogP contribution < -0.4 is 14.8 Å². The maximum Gasteiger partial charge on any atom is 0.341 e. The normalized spacial score (nSPS) is 11.6. The second-order valence-corrected chi connectivity index (χ2v) is 10.0. The molecular formula is C27H27FN4O5S2. The lowest BCUT2D eigenvalue weighted by Crippen LogP contribution is -2.17. The van der Waals surface area contributed by atoms with Crippen molar-refractivity contribution in [3.05, 3.63) is 71.1 Å². The Kier molecular flexibility index (Phi) is 9.20. The van der Waals surface area contributed by atoms with Crippen molar-refractivity contribution in [3.63, 3.8) is 0 Å². The molecule has 2 aromatic carbocycles. The maximum absolute atomic E-state index is 13.2. The zero-order chi connectivity index (χ0) is 27.9. The Morgan fingerprint density at radius 1 is 1.08 bits per heavy atom. The van der Waals surface area contributed by atoms with E-state index in [1.165, 1.54) is 42.3 Å². The van der Waals surface area contributed by atoms with Gasteiger partial charge in [-0.1, -0.05) is 23.9 Å². The topological polar surface area (TPSA) is 105 Å². The minimum absolute atomic E-state index is 0.0434. The summed E-state index contributed by atoms with van der Waals surface area (Å²) in [6.07, 6.45) is -0.448. The standard InChI is InChI=1S/C27H27FN4O5S2/c1-5-32-24(16(2)37-20-12-8-18(28)9-13-20)30-31-27(32)39-15-22(33)29-25-23(26(34)36-4)21(14-38-25)17-6-10-19(35-3)11-7-17/h6-14,16H,5,15H2,1-4H3,(H,29,33). The number of methoxy groups -OCH3 is 2. The lowest BCUT2D eigenvalue weighted by Gasteiger charge is -2.15. The summed E-state index contributed by atoms with van der Waals surface area (Å²) in [4.78, 5) is 25.5. The number of amides is 1. The number of rotatable bonds is 11. The van der Waals surface area contributed by atoms with Crippen LogP contribution in [0.1, 0.15) is 36.1 Å². The molecule has 9 nitrogen and oxygen atoms in total. The quantitative estimate of drug-likeness (QED) is 0.177. The molecule has 0 saturated carbocycles. The fourth-order valence-electron chi connectivity index (χ4n) is 3.81. The summed E-state index contributed by atoms with van der Waals surface area (Å²) in [5, 5.41) is 14.1. The van der Waals surface area contributed by atoms with E-state index >= 15 is 0 Å². The molecule has 2 aromatic heterocycles. The van der Waals surface area contributed by atoms with Crippen LogP contribution in [0.2, 0.25) is 0 Å². The number of nitrogens with one attached hydrogen (secondary N) is 1. The number of aromatic nitrogens is 3. The van der Waals surface area contributed by atoms with Gasteiger partial charge in [0.15, 0.2) is 17.1 Å². The SMILES string of the molecule is CCn1c(SCC(=O)Nc2scc(-c3ccc(OC)cc3)c2C(=O)OC)nnc1C(C)Oc1ccc(F)cc1. The van der Waals surface area contributed by atoms with Crippen molar-refractivity contribution in [1.29, 1.82) is 0 Å². The van der Waals surface area contributed by atoms with Gasteiger partial charge in [-0.25, -0.2) is 9.18 Å². The van der Waals surface area contributed by atoms with Gasteiger partial charge in [-0.15, -0.1) is 21.5 Å². The van der Waals surface area contributed by atoms with Crippen LogP contribution in [0.15, 0.2) is 59.1 Å². The van der Waals surface area contributed by atoms with Crippen LogP contribution in [-0.4, -0.2) is 46.6 Å². The van der Waals surface area contributed by atoms with Crippen molar-refractivity contribution in [2.75, 3.05) is 25.3 Å². The van der Waals surface area contributed by atoms with E-state index in [2.05, 4.69) is 15.5 Å². The number of thioether (sulfide) groups is 1. The van der Waals surface area contributed by atoms with Crippen LogP contribution in [0, 0.1) is 5.82 Å². The predicted molar refractivity (Wildman–Crippen MR) is 148 cm³/mol. The molecule has 0 bridgehead atoms. The summed E-state index contributed by atoms with van der Waals surface area (Å²) in [6.45, 7) is 4.33. The highest BCUT2D eigenvalue weighted by molar-refractivity contribution is 7.99. The van der Waals surface area contributed by atoms with Gasteiger partial charge in [0.25, 0.3) is 0 Å². The molecule has 0 aliphatic heterocycles. The second-order valence-electron chi connectivity index (χ2n) is 8.21. The summed E-state index contributed by atoms with van der Waals surface area (Å²) < 4.78 is 31.1. The molecule has 0 aliphatic carbocycles. The van der Waals surface area contributed by atoms with Crippen molar-refractivity contribution in [1.82, 2.24) is 14.8 Å². The van der Waals surface area contributed by atoms with Crippen molar-refractivity contribution in [2.24, 2.45) is 0 Å². The number of benzene rings is 2. The fraction of sp³-hybridized carbons (Fsp3) is 0.259. The highest BCUT2D eigenvalue weighted by Gasteiger charge is 2.24. The third kappa shape index (κ3) is 6.58. The van der Waals surface area contributed by atoms with Crippen molar-refractivity contribution in [2.45, 2.75) is 31.7 Å². The molecule has 1 N–H and O–H groups in total. The molecule has 0 fully saturated rings. The molecule has 39 heavy (non-hydrogen) atoms. The van der Waals surface area contributed by atoms with Gasteiger partial charge in [-0.3, -0.25) is 4.79 Å². The average molecular weight is 571 g/mol. The first-order valence-electron chi connectivity index (χ1n) is 12.0. The van der Waals surface area contributed by atoms with E-state index in [9.17, 15) is 14.0 Å². The molecule has 1 atom stereocenters. The number of nitrogens with zero attached hydrogens (tertiary/aromatic N) is 3. The molecular weight excluding hydrogens is 543 g/mol. The van der Waals surface area contributed by atoms with Gasteiger partial charge in [0.1, 0.15) is 27.9 Å². The molecule has 2 heterocycles. The highest BCUT2D eigenvalue weighted by Crippen LogP contribution is 2.37. The molecule has 1 amide bonds. The van der Waals surface area contributed by atoms with Crippen LogP contribution in [0.5, 0.6) is 11.5 Å². The number of carbonyl (C=O) groups is 2. The third-order valence-corrected chi connectivity index (χ3v) is 7.58. The molecule has 204 valence electrons. The van der Waals surface area contributed by atoms with E-state index in [-0.39, 0.29) is 23.0 Å². The molecule has 4 aromatic rings. The summed E-state index contributed by atoms with van der Waals surface area (Å²) >= 11 is 2.47. The molecule has 4 rings (SSSR count). The molecule has 0 radical (unpaired) electrons. The number of hydrogen-bond donors (Lipinski definition) is 1. The summed E-state index contributed by atoms with van der Waals surface area (Å²) in [5.41, 5.74) is 1.74. The van der Waals surface area contributed by atoms with Gasteiger partial charge in [0.2, 0.25) is 5.91 Å². The van der Waals surface area contributed by atoms with Crippen LogP contribution in [0.4, 0.5) is 9.39 Å². The Labute approximate surface area is 233 Å². The van der Waals surface area contributed by atoms with E-state index in [0.29, 0.717) is 39.6 Å². The third-order valence-electron chi connectivity index (χ3n) is 5.72. The highest BCUT2D eigenvalue weighted by atomic mass is 32.2. The number of thiophene rings is 1. The van der Waals surface area contributed by atoms with Crippen LogP contribution in [-0.2, 0) is 16.1 Å². The minimum atomic E-state index is -0.546. The second kappa shape index (κ2) is 12.8. The number of esters is 1. The van der Waals surface area contributed by atoms with Crippen LogP contribution in [0.25, 0.3) is 11.1 Å². The summed E-state index contributed by atoms with van der Waals surface area (Å²) in [7, 11) is 2.88. The molecule has 0 aliphatic rings. The predicted octanol–water partition coefficient (Wildman–Crippen LogP) is 5.83. The molecule has 0 saturated heterocycles. The van der Waals surface area contributed by atoms with E-state index in [1.807, 2.05) is 30.5 Å². The Morgan fingerprint density at radius 3 is 2.41 bits per heavy atom. The van der Waals surface area contributed by atoms with Gasteiger partial charge >= 0.3 is 5.97 Å². The smallest absolute Gasteiger partial charge is 0.341 e. The average Bonchev–Trinajstić information content (AvgIpc) is 3.56. The van der Waals surface area contributed by atoms with E-state index in [0.717, 1.165) is 5.56 Å². The fourth-order valence-corrected chi connectivity index (χ4v) is 5.59. The number of hydrogen-bond acceptors (Lipinski definition) is 9. The van der Waals surface area contributed by atoms with Gasteiger partial charge in [0, 0.05) is 17.5 Å². The van der Waals surface area contributed by atoms with E-state index < -0.39 is 12.1 Å². The van der Waals surface area contributed by atoms with Crippen LogP contribution in [0.3, 0.4) is 0 Å². The van der Waals surface area contributed by atoms with Gasteiger partial charge in [-0.2, -0.15) is 0 Å². The number of anilines is 1. The van der Waals surface area contributed by atoms with E-state index in [4.69, 9.17) is 14.2 Å². The van der Waals surface area contributed by atoms with Gasteiger partial charge < -0.3 is 24.1 Å². The summed E-state index contributed by atoms with van der Waals surface area (Å²) in [5.74, 6) is 0.628. The first-order chi connectivity index (χ1) is 18.8. The first-order valence-corrected chi connectivity index (χ1v) is 13.8. The monoisotopic (exact) mass is 570 g/mol. The first kappa shape index (κ1) is 28.1. The Balaban J connectivity index is 1.45. The van der Waals surface area contributed by atoms with Crippen LogP contribution >= 0.6 is 23.1 Å². The molecule has 0 spiro atoms. The lowest BCUT2D eigenvalue weighted by molar-refractivity contribution is -0.113. The zero-order valence-electron chi connectivity index (χ0n) is 21.8. The molecule has 12 heteroatoms. The lowest BCUT2D eigenvalue weighted by atomic mass is 10.0. The Bertz CT molecular complexity index is 1440. The number of ether oxygens (including phenoxy) is 3. The van der Waals surface area contributed by atoms with E-state index in [1.54, 1.807) is 36.8 Å². The van der Waals surface area contributed by atoms with Crippen molar-refractivity contribution >= 4 is 40.0 Å². The number of carbonyl (C=O) groups excluding carboxylic acids is 2. The largest absolute Gasteiger partial charge is 0.497 e. The zero-order valence-corrected chi connectivity index (χ0v) is 23.4. The van der Waals surface area contributed by atoms with Crippen molar-refractivity contribution < 1.29 is 28.2 Å². The molecule has 1 unspecified atom stereocenters.